The van der Waals surface area contributed by atoms with Crippen molar-refractivity contribution in [2.75, 3.05) is 5.75 Å². The summed E-state index contributed by atoms with van der Waals surface area (Å²) in [6.45, 7) is 8.79. The second-order valence-corrected chi connectivity index (χ2v) is 6.26. The van der Waals surface area contributed by atoms with Crippen molar-refractivity contribution in [2.24, 2.45) is 0 Å². The van der Waals surface area contributed by atoms with E-state index in [4.69, 9.17) is 4.18 Å². The van der Waals surface area contributed by atoms with Gasteiger partial charge >= 0.3 is 0 Å². The molecule has 0 heterocycles. The molecule has 1 atom stereocenters. The zero-order valence-corrected chi connectivity index (χ0v) is 12.1. The van der Waals surface area contributed by atoms with Gasteiger partial charge in [0.2, 0.25) is 0 Å². The topological polar surface area (TPSA) is 9.23 Å². The van der Waals surface area contributed by atoms with Crippen molar-refractivity contribution in [2.45, 2.75) is 57.2 Å². The van der Waals surface area contributed by atoms with Crippen LogP contribution < -0.4 is 0 Å². The van der Waals surface area contributed by atoms with Gasteiger partial charge in [-0.2, -0.15) is 12.0 Å². The Kier molecular flexibility index (Phi) is 6.67. The van der Waals surface area contributed by atoms with Crippen molar-refractivity contribution in [3.05, 3.63) is 0 Å². The van der Waals surface area contributed by atoms with Gasteiger partial charge in [-0.15, -0.1) is 12.6 Å². The molecule has 0 saturated heterocycles. The quantitative estimate of drug-likeness (QED) is 0.406. The summed E-state index contributed by atoms with van der Waals surface area (Å²) in [5.41, 5.74) is 0. The predicted molar refractivity (Wildman–Crippen MR) is 75.8 cm³/mol. The Morgan fingerprint density at radius 1 is 1.21 bits per heavy atom. The van der Waals surface area contributed by atoms with E-state index in [0.717, 1.165) is 18.6 Å². The fraction of sp³-hybridized carbons (Fsp3) is 1.00. The molecule has 0 aliphatic heterocycles. The lowest BCUT2D eigenvalue weighted by molar-refractivity contribution is 0.193. The molecule has 0 fully saturated rings. The average molecular weight is 236 g/mol. The van der Waals surface area contributed by atoms with Crippen LogP contribution in [0.1, 0.15) is 47.0 Å². The van der Waals surface area contributed by atoms with Crippen LogP contribution in [-0.4, -0.2) is 18.5 Å². The lowest BCUT2D eigenvalue weighted by Gasteiger charge is -2.30. The second-order valence-electron chi connectivity index (χ2n) is 4.59. The highest BCUT2D eigenvalue weighted by Gasteiger charge is 2.22. The van der Waals surface area contributed by atoms with Crippen molar-refractivity contribution in [1.29, 1.82) is 0 Å². The Balaban J connectivity index is 3.83. The molecular formula is C10H25BOS2. The Morgan fingerprint density at radius 3 is 2.07 bits per heavy atom. The van der Waals surface area contributed by atoms with Gasteiger partial charge in [0.25, 0.3) is 0 Å². The first-order valence-electron chi connectivity index (χ1n) is 5.52. The van der Waals surface area contributed by atoms with Crippen molar-refractivity contribution in [3.8, 4) is 0 Å². The van der Waals surface area contributed by atoms with E-state index in [0.29, 0.717) is 17.4 Å². The lowest BCUT2D eigenvalue weighted by Crippen LogP contribution is -2.21. The highest BCUT2D eigenvalue weighted by molar-refractivity contribution is 7.95. The normalized spacial score (nSPS) is 18.1. The molecule has 1 unspecified atom stereocenters. The maximum atomic E-state index is 5.86. The van der Waals surface area contributed by atoms with Crippen LogP contribution in [0.3, 0.4) is 0 Å². The average Bonchev–Trinajstić information content (AvgIpc) is 2.17. The molecule has 1 nitrogen and oxygen atoms in total. The van der Waals surface area contributed by atoms with Crippen LogP contribution in [0.5, 0.6) is 0 Å². The predicted octanol–water partition coefficient (Wildman–Crippen LogP) is 2.78. The first kappa shape index (κ1) is 14.7. The van der Waals surface area contributed by atoms with Crippen LogP contribution >= 0.6 is 24.7 Å². The van der Waals surface area contributed by atoms with Crippen molar-refractivity contribution in [3.63, 3.8) is 0 Å². The molecule has 0 rings (SSSR count). The van der Waals surface area contributed by atoms with Crippen molar-refractivity contribution in [1.82, 2.24) is 0 Å². The maximum absolute atomic E-state index is 5.86. The molecule has 0 aromatic rings. The fourth-order valence-electron chi connectivity index (χ4n) is 0.885. The van der Waals surface area contributed by atoms with E-state index in [1.165, 1.54) is 6.42 Å². The molecule has 0 spiro atoms. The fourth-order valence-corrected chi connectivity index (χ4v) is 2.35. The van der Waals surface area contributed by atoms with Crippen LogP contribution in [0, 0.1) is 0 Å². The van der Waals surface area contributed by atoms with E-state index in [1.807, 2.05) is 0 Å². The smallest absolute Gasteiger partial charge is 0.122 e. The minimum atomic E-state index is -0.192. The first-order chi connectivity index (χ1) is 6.39. The van der Waals surface area contributed by atoms with E-state index < -0.39 is 0 Å². The van der Waals surface area contributed by atoms with Crippen LogP contribution in [0.4, 0.5) is 0 Å². The summed E-state index contributed by atoms with van der Waals surface area (Å²) in [4.78, 5) is -0.192. The summed E-state index contributed by atoms with van der Waals surface area (Å²) in [5.74, 6) is 1.14. The van der Waals surface area contributed by atoms with Crippen molar-refractivity contribution >= 4 is 32.5 Å². The van der Waals surface area contributed by atoms with E-state index in [2.05, 4.69) is 48.2 Å². The molecule has 0 aromatic heterocycles. The third-order valence-corrected chi connectivity index (χ3v) is 5.41. The Hall–Kier alpha value is 0.725. The second kappa shape index (κ2) is 6.34. The van der Waals surface area contributed by atoms with E-state index in [9.17, 15) is 0 Å². The zero-order chi connectivity index (χ0) is 11.2. The van der Waals surface area contributed by atoms with Gasteiger partial charge in [0.15, 0.2) is 0 Å². The van der Waals surface area contributed by atoms with E-state index in [1.54, 1.807) is 0 Å². The SMILES string of the molecule is BC(C)(CC)C[SH2]OC(S)(CC)CC. The highest BCUT2D eigenvalue weighted by atomic mass is 32.2. The van der Waals surface area contributed by atoms with Crippen molar-refractivity contribution < 1.29 is 4.18 Å². The van der Waals surface area contributed by atoms with Crippen LogP contribution in [0.25, 0.3) is 0 Å². The summed E-state index contributed by atoms with van der Waals surface area (Å²) in [5, 5.41) is 0.411. The summed E-state index contributed by atoms with van der Waals surface area (Å²) in [6, 6.07) is 0. The molecule has 0 radical (unpaired) electrons. The minimum absolute atomic E-state index is 0.192. The van der Waals surface area contributed by atoms with E-state index >= 15 is 0 Å². The molecule has 0 aromatic carbocycles. The summed E-state index contributed by atoms with van der Waals surface area (Å²) in [7, 11) is 2.29. The van der Waals surface area contributed by atoms with Crippen LogP contribution in [0.15, 0.2) is 0 Å². The molecule has 4 heteroatoms. The molecule has 14 heavy (non-hydrogen) atoms. The highest BCUT2D eigenvalue weighted by Crippen LogP contribution is 2.35. The van der Waals surface area contributed by atoms with Gasteiger partial charge in [0, 0.05) is 0 Å². The number of hydrogen-bond acceptors (Lipinski definition) is 2. The molecule has 0 aliphatic carbocycles. The van der Waals surface area contributed by atoms with Gasteiger partial charge < -0.3 is 4.18 Å². The monoisotopic (exact) mass is 236 g/mol. The zero-order valence-electron chi connectivity index (χ0n) is 10.2. The molecule has 0 saturated carbocycles. The number of thiol groups is 1. The molecule has 0 N–H and O–H groups in total. The van der Waals surface area contributed by atoms with Gasteiger partial charge in [-0.3, -0.25) is 0 Å². The molecule has 0 amide bonds. The molecule has 86 valence electrons. The Labute approximate surface area is 99.8 Å². The Morgan fingerprint density at radius 2 is 1.71 bits per heavy atom. The largest absolute Gasteiger partial charge is 0.325 e. The summed E-state index contributed by atoms with van der Waals surface area (Å²) in [6.07, 6.45) is 3.17. The number of rotatable bonds is 7. The summed E-state index contributed by atoms with van der Waals surface area (Å²) >= 11 is 5.14. The third-order valence-electron chi connectivity index (χ3n) is 2.87. The van der Waals surface area contributed by atoms with Gasteiger partial charge in [0.05, 0.1) is 0 Å². The van der Waals surface area contributed by atoms with Gasteiger partial charge in [0.1, 0.15) is 12.8 Å². The van der Waals surface area contributed by atoms with Gasteiger partial charge in [-0.25, -0.2) is 0 Å². The molecule has 0 bridgehead atoms. The maximum Gasteiger partial charge on any atom is 0.122 e. The first-order valence-corrected chi connectivity index (χ1v) is 7.08. The van der Waals surface area contributed by atoms with E-state index in [-0.39, 0.29) is 4.93 Å². The summed E-state index contributed by atoms with van der Waals surface area (Å²) < 4.78 is 5.86. The van der Waals surface area contributed by atoms with Crippen LogP contribution in [0.2, 0.25) is 5.31 Å². The third kappa shape index (κ3) is 5.57. The standard InChI is InChI=1S/C10H25BOS2/c1-5-9(4,11)8-14-12-10(13,6-2)7-3/h13H,5-8,11,14H2,1-4H3. The van der Waals surface area contributed by atoms with Gasteiger partial charge in [-0.1, -0.05) is 39.4 Å². The molecule has 0 aliphatic rings. The van der Waals surface area contributed by atoms with Gasteiger partial charge in [-0.05, 0) is 18.6 Å². The molecular weight excluding hydrogens is 211 g/mol. The Bertz CT molecular complexity index is 158. The number of hydrogen-bond donors (Lipinski definition) is 1. The minimum Gasteiger partial charge on any atom is -0.325 e. The lowest BCUT2D eigenvalue weighted by atomic mass is 9.70. The van der Waals surface area contributed by atoms with Crippen LogP contribution in [-0.2, 0) is 4.18 Å².